The Morgan fingerprint density at radius 2 is 2.00 bits per heavy atom. The van der Waals surface area contributed by atoms with Crippen LogP contribution < -0.4 is 0 Å². The second-order valence-electron chi connectivity index (χ2n) is 2.09. The minimum absolute atomic E-state index is 0.112. The fourth-order valence-electron chi connectivity index (χ4n) is 0.729. The van der Waals surface area contributed by atoms with Crippen molar-refractivity contribution < 1.29 is 9.53 Å². The van der Waals surface area contributed by atoms with E-state index in [-0.39, 0.29) is 3.99 Å². The second kappa shape index (κ2) is 4.38. The Kier molecular flexibility index (Phi) is 3.42. The van der Waals surface area contributed by atoms with Gasteiger partial charge >= 0.3 is 78.5 Å². The second-order valence-corrected chi connectivity index (χ2v) is 3.44. The summed E-state index contributed by atoms with van der Waals surface area (Å²) in [7, 11) is 0. The van der Waals surface area contributed by atoms with E-state index in [1.165, 1.54) is 0 Å². The maximum absolute atomic E-state index is 10.5. The van der Waals surface area contributed by atoms with Crippen molar-refractivity contribution in [1.82, 2.24) is 0 Å². The Morgan fingerprint density at radius 3 is 2.55 bits per heavy atom. The Labute approximate surface area is 78.6 Å². The van der Waals surface area contributed by atoms with Crippen molar-refractivity contribution in [2.24, 2.45) is 0 Å². The molecule has 0 unspecified atom stereocenters. The van der Waals surface area contributed by atoms with Gasteiger partial charge in [0.25, 0.3) is 0 Å². The van der Waals surface area contributed by atoms with Crippen molar-refractivity contribution >= 4 is 26.5 Å². The molecule has 1 aromatic carbocycles. The average Bonchev–Trinajstić information content (AvgIpc) is 2.03. The molecule has 0 aliphatic carbocycles. The Hall–Kier alpha value is -0.511. The van der Waals surface area contributed by atoms with Gasteiger partial charge in [-0.15, -0.1) is 0 Å². The molecule has 2 nitrogen and oxygen atoms in total. The van der Waals surface area contributed by atoms with Crippen LogP contribution >= 0.6 is 0 Å². The van der Waals surface area contributed by atoms with E-state index in [9.17, 15) is 4.79 Å². The van der Waals surface area contributed by atoms with Crippen LogP contribution in [0.4, 0.5) is 4.79 Å². The van der Waals surface area contributed by atoms with Crippen LogP contribution in [0.15, 0.2) is 30.3 Å². The van der Waals surface area contributed by atoms with Crippen molar-refractivity contribution in [3.05, 3.63) is 35.9 Å². The summed E-state index contributed by atoms with van der Waals surface area (Å²) in [6.07, 6.45) is 0. The minimum atomic E-state index is -0.112. The molecular weight excluding hydrogens is 247 g/mol. The third kappa shape index (κ3) is 3.41. The van der Waals surface area contributed by atoms with Gasteiger partial charge in [-0.3, -0.25) is 0 Å². The molecule has 0 fully saturated rings. The SMILES string of the molecule is O=[C]([SnH])OCc1ccccc1. The van der Waals surface area contributed by atoms with Crippen LogP contribution in [-0.4, -0.2) is 26.5 Å². The zero-order valence-corrected chi connectivity index (χ0v) is 9.28. The fourth-order valence-corrected chi connectivity index (χ4v) is 0.967. The van der Waals surface area contributed by atoms with Gasteiger partial charge in [0, 0.05) is 0 Å². The number of benzene rings is 1. The van der Waals surface area contributed by atoms with Gasteiger partial charge in [-0.1, -0.05) is 0 Å². The third-order valence-corrected chi connectivity index (χ3v) is 1.70. The van der Waals surface area contributed by atoms with Crippen LogP contribution in [0.25, 0.3) is 0 Å². The molecule has 0 saturated carbocycles. The summed E-state index contributed by atoms with van der Waals surface area (Å²) in [4.78, 5) is 10.5. The molecule has 0 bridgehead atoms. The van der Waals surface area contributed by atoms with Crippen LogP contribution in [0.2, 0.25) is 0 Å². The molecule has 0 amide bonds. The Balaban J connectivity index is 2.45. The molecule has 2 radical (unpaired) electrons. The van der Waals surface area contributed by atoms with E-state index >= 15 is 0 Å². The summed E-state index contributed by atoms with van der Waals surface area (Å²) in [5.41, 5.74) is 1.04. The van der Waals surface area contributed by atoms with Gasteiger partial charge in [-0.05, 0) is 0 Å². The third-order valence-electron chi connectivity index (χ3n) is 1.22. The summed E-state index contributed by atoms with van der Waals surface area (Å²) >= 11 is 0.529. The zero-order chi connectivity index (χ0) is 8.10. The van der Waals surface area contributed by atoms with Crippen molar-refractivity contribution in [3.8, 4) is 0 Å². The van der Waals surface area contributed by atoms with Gasteiger partial charge in [-0.25, -0.2) is 0 Å². The maximum atomic E-state index is 10.5. The predicted molar refractivity (Wildman–Crippen MR) is 43.8 cm³/mol. The predicted octanol–water partition coefficient (Wildman–Crippen LogP) is 1.22. The van der Waals surface area contributed by atoms with E-state index in [0.29, 0.717) is 29.1 Å². The number of hydrogen-bond acceptors (Lipinski definition) is 2. The van der Waals surface area contributed by atoms with E-state index in [2.05, 4.69) is 0 Å². The van der Waals surface area contributed by atoms with Crippen molar-refractivity contribution in [3.63, 3.8) is 0 Å². The molecule has 1 rings (SSSR count). The number of carbonyl (C=O) groups is 1. The van der Waals surface area contributed by atoms with Crippen LogP contribution in [0.1, 0.15) is 5.56 Å². The van der Waals surface area contributed by atoms with E-state index in [1.54, 1.807) is 0 Å². The quantitative estimate of drug-likeness (QED) is 0.742. The summed E-state index contributed by atoms with van der Waals surface area (Å²) in [5, 5.41) is 0. The molecule has 1 aromatic rings. The van der Waals surface area contributed by atoms with Gasteiger partial charge in [-0.2, -0.15) is 0 Å². The van der Waals surface area contributed by atoms with Gasteiger partial charge in [0.2, 0.25) is 0 Å². The summed E-state index contributed by atoms with van der Waals surface area (Å²) in [6, 6.07) is 9.66. The van der Waals surface area contributed by atoms with Crippen LogP contribution in [0.3, 0.4) is 0 Å². The summed E-state index contributed by atoms with van der Waals surface area (Å²) < 4.78 is 4.73. The standard InChI is InChI=1S/C8H7O2.Sn.H/c9-7-10-6-8-4-2-1-3-5-8;;/h1-5H,6H2;;. The molecule has 0 spiro atoms. The van der Waals surface area contributed by atoms with E-state index in [1.807, 2.05) is 30.3 Å². The fraction of sp³-hybridized carbons (Fsp3) is 0.125. The zero-order valence-electron chi connectivity index (χ0n) is 5.99. The molecule has 11 heavy (non-hydrogen) atoms. The first kappa shape index (κ1) is 8.58. The molecule has 0 N–H and O–H groups in total. The normalized spacial score (nSPS) is 9.18. The summed E-state index contributed by atoms with van der Waals surface area (Å²) in [5.74, 6) is 0. The van der Waals surface area contributed by atoms with Crippen LogP contribution in [0, 0.1) is 0 Å². The number of hydrogen-bond donors (Lipinski definition) is 0. The molecule has 0 atom stereocenters. The van der Waals surface area contributed by atoms with E-state index in [4.69, 9.17) is 4.74 Å². The number of rotatable bonds is 2. The van der Waals surface area contributed by atoms with E-state index < -0.39 is 0 Å². The monoisotopic (exact) mass is 256 g/mol. The number of carbonyl (C=O) groups excluding carboxylic acids is 1. The molecule has 0 aliphatic heterocycles. The first-order valence-electron chi connectivity index (χ1n) is 3.25. The number of ether oxygens (including phenoxy) is 1. The topological polar surface area (TPSA) is 26.3 Å². The molecule has 0 heterocycles. The van der Waals surface area contributed by atoms with Crippen molar-refractivity contribution in [2.75, 3.05) is 0 Å². The van der Waals surface area contributed by atoms with Crippen molar-refractivity contribution in [1.29, 1.82) is 0 Å². The Bertz CT molecular complexity index is 233. The van der Waals surface area contributed by atoms with Gasteiger partial charge in [0.1, 0.15) is 0 Å². The van der Waals surface area contributed by atoms with Gasteiger partial charge in [0.05, 0.1) is 0 Å². The van der Waals surface area contributed by atoms with Crippen LogP contribution in [0.5, 0.6) is 0 Å². The average molecular weight is 255 g/mol. The molecule has 0 saturated heterocycles. The van der Waals surface area contributed by atoms with Crippen molar-refractivity contribution in [2.45, 2.75) is 6.61 Å². The first-order chi connectivity index (χ1) is 5.29. The first-order valence-corrected chi connectivity index (χ1v) is 4.90. The molecule has 0 aliphatic rings. The van der Waals surface area contributed by atoms with Gasteiger partial charge in [0.15, 0.2) is 0 Å². The molecule has 0 aromatic heterocycles. The molecule has 56 valence electrons. The molecule has 3 heteroatoms. The molecular formula is C8H8O2Sn. The van der Waals surface area contributed by atoms with Gasteiger partial charge < -0.3 is 0 Å². The van der Waals surface area contributed by atoms with E-state index in [0.717, 1.165) is 5.56 Å². The Morgan fingerprint density at radius 1 is 1.36 bits per heavy atom. The van der Waals surface area contributed by atoms with Crippen LogP contribution in [-0.2, 0) is 11.3 Å². The summed E-state index contributed by atoms with van der Waals surface area (Å²) in [6.45, 7) is 0.404.